The van der Waals surface area contributed by atoms with Crippen LogP contribution in [0.5, 0.6) is 0 Å². The average molecular weight is 391 g/mol. The molecule has 2 aromatic rings. The van der Waals surface area contributed by atoms with E-state index in [4.69, 9.17) is 4.43 Å². The molecule has 0 spiro atoms. The average Bonchev–Trinajstić information content (AvgIpc) is 3.32. The highest BCUT2D eigenvalue weighted by molar-refractivity contribution is 6.99. The quantitative estimate of drug-likeness (QED) is 0.480. The van der Waals surface area contributed by atoms with E-state index >= 15 is 0 Å². The van der Waals surface area contributed by atoms with Crippen molar-refractivity contribution >= 4 is 18.7 Å². The number of benzene rings is 2. The molecule has 0 N–H and O–H groups in total. The lowest BCUT2D eigenvalue weighted by Gasteiger charge is -2.43. The molecular formula is C26H34OSi. The lowest BCUT2D eigenvalue weighted by atomic mass is 10.1. The van der Waals surface area contributed by atoms with Crippen molar-refractivity contribution in [3.63, 3.8) is 0 Å². The highest BCUT2D eigenvalue weighted by atomic mass is 28.4. The van der Waals surface area contributed by atoms with Crippen LogP contribution in [-0.2, 0) is 4.43 Å². The molecule has 3 atom stereocenters. The van der Waals surface area contributed by atoms with Crippen LogP contribution < -0.4 is 10.4 Å². The molecule has 0 heterocycles. The number of fused-ring (bicyclic) bond motifs is 1. The molecule has 1 saturated carbocycles. The second kappa shape index (κ2) is 8.00. The second-order valence-electron chi connectivity index (χ2n) is 9.59. The number of hydrogen-bond donors (Lipinski definition) is 0. The SMILES string of the molecule is CC(C)(C)[Si](OCC1[C@H]2CC/C=C\CC[C@@H]12)(c1ccccc1)c1ccccc1. The van der Waals surface area contributed by atoms with Crippen molar-refractivity contribution in [2.75, 3.05) is 6.61 Å². The van der Waals surface area contributed by atoms with Gasteiger partial charge in [-0.15, -0.1) is 0 Å². The van der Waals surface area contributed by atoms with Crippen LogP contribution in [0, 0.1) is 17.8 Å². The van der Waals surface area contributed by atoms with Gasteiger partial charge in [0.15, 0.2) is 0 Å². The molecule has 1 nitrogen and oxygen atoms in total. The van der Waals surface area contributed by atoms with E-state index in [-0.39, 0.29) is 5.04 Å². The van der Waals surface area contributed by atoms with Crippen LogP contribution in [0.3, 0.4) is 0 Å². The maximum atomic E-state index is 7.18. The van der Waals surface area contributed by atoms with Crippen LogP contribution in [-0.4, -0.2) is 14.9 Å². The van der Waals surface area contributed by atoms with E-state index in [2.05, 4.69) is 93.6 Å². The predicted octanol–water partition coefficient (Wildman–Crippen LogP) is 5.56. The van der Waals surface area contributed by atoms with Gasteiger partial charge >= 0.3 is 0 Å². The molecule has 28 heavy (non-hydrogen) atoms. The minimum absolute atomic E-state index is 0.0745. The van der Waals surface area contributed by atoms with Crippen LogP contribution in [0.1, 0.15) is 46.5 Å². The summed E-state index contributed by atoms with van der Waals surface area (Å²) in [5.74, 6) is 2.51. The van der Waals surface area contributed by atoms with E-state index in [9.17, 15) is 0 Å². The fourth-order valence-corrected chi connectivity index (χ4v) is 10.0. The summed E-state index contributed by atoms with van der Waals surface area (Å²) in [5, 5.41) is 2.87. The van der Waals surface area contributed by atoms with Gasteiger partial charge in [-0.1, -0.05) is 93.6 Å². The third-order valence-electron chi connectivity index (χ3n) is 6.92. The first-order valence-electron chi connectivity index (χ1n) is 10.9. The number of allylic oxidation sites excluding steroid dienone is 2. The largest absolute Gasteiger partial charge is 0.407 e. The third kappa shape index (κ3) is 3.65. The van der Waals surface area contributed by atoms with Crippen molar-refractivity contribution in [1.29, 1.82) is 0 Å². The van der Waals surface area contributed by atoms with Crippen molar-refractivity contribution in [3.8, 4) is 0 Å². The molecule has 148 valence electrons. The zero-order chi connectivity index (χ0) is 19.6. The molecule has 0 radical (unpaired) electrons. The Morgan fingerprint density at radius 2 is 1.25 bits per heavy atom. The fourth-order valence-electron chi connectivity index (χ4n) is 5.42. The highest BCUT2D eigenvalue weighted by Gasteiger charge is 2.54. The zero-order valence-corrected chi connectivity index (χ0v) is 18.6. The van der Waals surface area contributed by atoms with Gasteiger partial charge in [0.25, 0.3) is 8.32 Å². The van der Waals surface area contributed by atoms with Crippen LogP contribution in [0.2, 0.25) is 5.04 Å². The Hall–Kier alpha value is -1.64. The van der Waals surface area contributed by atoms with Crippen molar-refractivity contribution in [2.24, 2.45) is 17.8 Å². The molecule has 0 amide bonds. The van der Waals surface area contributed by atoms with Gasteiger partial charge in [0, 0.05) is 6.61 Å². The zero-order valence-electron chi connectivity index (χ0n) is 17.6. The van der Waals surface area contributed by atoms with E-state index in [1.165, 1.54) is 36.1 Å². The van der Waals surface area contributed by atoms with E-state index in [1.807, 2.05) is 0 Å². The molecule has 0 aliphatic heterocycles. The monoisotopic (exact) mass is 390 g/mol. The van der Waals surface area contributed by atoms with Crippen LogP contribution >= 0.6 is 0 Å². The summed E-state index contributed by atoms with van der Waals surface area (Å²) in [5.41, 5.74) is 0. The first-order chi connectivity index (χ1) is 13.5. The van der Waals surface area contributed by atoms with Crippen molar-refractivity contribution < 1.29 is 4.43 Å². The first-order valence-corrected chi connectivity index (χ1v) is 12.8. The molecule has 2 aliphatic rings. The van der Waals surface area contributed by atoms with Crippen molar-refractivity contribution in [2.45, 2.75) is 51.5 Å². The van der Waals surface area contributed by atoms with Gasteiger partial charge in [-0.2, -0.15) is 0 Å². The molecule has 1 unspecified atom stereocenters. The highest BCUT2D eigenvalue weighted by Crippen LogP contribution is 2.53. The topological polar surface area (TPSA) is 9.23 Å². The molecule has 2 aromatic carbocycles. The molecular weight excluding hydrogens is 356 g/mol. The summed E-state index contributed by atoms with van der Waals surface area (Å²) >= 11 is 0. The predicted molar refractivity (Wildman–Crippen MR) is 122 cm³/mol. The second-order valence-corrected chi connectivity index (χ2v) is 13.9. The summed E-state index contributed by atoms with van der Waals surface area (Å²) in [6.07, 6.45) is 9.95. The number of hydrogen-bond acceptors (Lipinski definition) is 1. The summed E-state index contributed by atoms with van der Waals surface area (Å²) in [6.45, 7) is 8.04. The lowest BCUT2D eigenvalue weighted by Crippen LogP contribution is -2.66. The van der Waals surface area contributed by atoms with Gasteiger partial charge in [0.1, 0.15) is 0 Å². The maximum absolute atomic E-state index is 7.18. The van der Waals surface area contributed by atoms with Gasteiger partial charge < -0.3 is 4.43 Å². The van der Waals surface area contributed by atoms with Crippen LogP contribution in [0.25, 0.3) is 0 Å². The maximum Gasteiger partial charge on any atom is 0.261 e. The molecule has 4 rings (SSSR count). The molecule has 0 aromatic heterocycles. The summed E-state index contributed by atoms with van der Waals surface area (Å²) in [6, 6.07) is 22.1. The smallest absolute Gasteiger partial charge is 0.261 e. The first kappa shape index (κ1) is 19.7. The van der Waals surface area contributed by atoms with E-state index < -0.39 is 8.32 Å². The van der Waals surface area contributed by atoms with Gasteiger partial charge in [-0.25, -0.2) is 0 Å². The minimum Gasteiger partial charge on any atom is -0.407 e. The van der Waals surface area contributed by atoms with Gasteiger partial charge in [0.05, 0.1) is 0 Å². The molecule has 0 saturated heterocycles. The van der Waals surface area contributed by atoms with Crippen LogP contribution in [0.15, 0.2) is 72.8 Å². The van der Waals surface area contributed by atoms with Gasteiger partial charge in [-0.05, 0) is 58.8 Å². The van der Waals surface area contributed by atoms with Crippen LogP contribution in [0.4, 0.5) is 0 Å². The lowest BCUT2D eigenvalue weighted by molar-refractivity contribution is 0.268. The standard InChI is InChI=1S/C26H34OSi/c1-26(2,3)28(21-14-8-6-9-15-21,22-16-10-7-11-17-22)27-20-25-23-18-12-4-5-13-19-24(23)25/h4-11,14-17,23-25H,12-13,18-20H2,1-3H3/b5-4-/t23-,24+,25?. The molecule has 2 heteroatoms. The summed E-state index contributed by atoms with van der Waals surface area (Å²) in [7, 11) is -2.38. The summed E-state index contributed by atoms with van der Waals surface area (Å²) in [4.78, 5) is 0. The summed E-state index contributed by atoms with van der Waals surface area (Å²) < 4.78 is 7.18. The molecule has 2 aliphatic carbocycles. The Balaban J connectivity index is 1.66. The van der Waals surface area contributed by atoms with Crippen molar-refractivity contribution in [1.82, 2.24) is 0 Å². The Morgan fingerprint density at radius 3 is 1.68 bits per heavy atom. The Labute approximate surface area is 172 Å². The van der Waals surface area contributed by atoms with Crippen molar-refractivity contribution in [3.05, 3.63) is 72.8 Å². The molecule has 0 bridgehead atoms. The Kier molecular flexibility index (Phi) is 5.62. The van der Waals surface area contributed by atoms with Gasteiger partial charge in [-0.3, -0.25) is 0 Å². The van der Waals surface area contributed by atoms with E-state index in [0.29, 0.717) is 0 Å². The van der Waals surface area contributed by atoms with Gasteiger partial charge in [0.2, 0.25) is 0 Å². The normalized spacial score (nSPS) is 26.0. The minimum atomic E-state index is -2.38. The van der Waals surface area contributed by atoms with E-state index in [0.717, 1.165) is 24.4 Å². The Bertz CT molecular complexity index is 735. The fraction of sp³-hybridized carbons (Fsp3) is 0.462. The van der Waals surface area contributed by atoms with E-state index in [1.54, 1.807) is 0 Å². The molecule has 1 fully saturated rings. The number of rotatable bonds is 5. The third-order valence-corrected chi connectivity index (χ3v) is 11.9. The Morgan fingerprint density at radius 1 is 0.786 bits per heavy atom.